The Kier molecular flexibility index (Phi) is 4.57. The first kappa shape index (κ1) is 18.7. The molecule has 29 heavy (non-hydrogen) atoms. The number of esters is 1. The van der Waals surface area contributed by atoms with Gasteiger partial charge in [-0.15, -0.1) is 0 Å². The maximum absolute atomic E-state index is 14.2. The van der Waals surface area contributed by atoms with Crippen LogP contribution in [0, 0.1) is 11.6 Å². The highest BCUT2D eigenvalue weighted by molar-refractivity contribution is 6.14. The van der Waals surface area contributed by atoms with Gasteiger partial charge in [0.05, 0.1) is 24.3 Å². The van der Waals surface area contributed by atoms with Crippen molar-refractivity contribution in [2.75, 3.05) is 12.4 Å². The van der Waals surface area contributed by atoms with Gasteiger partial charge < -0.3 is 10.1 Å². The zero-order chi connectivity index (χ0) is 20.7. The van der Waals surface area contributed by atoms with Gasteiger partial charge in [0.25, 0.3) is 0 Å². The molecule has 9 heteroatoms. The van der Waals surface area contributed by atoms with Crippen LogP contribution in [0.5, 0.6) is 0 Å². The average molecular weight is 398 g/mol. The maximum atomic E-state index is 14.2. The number of fused-ring (bicyclic) bond motifs is 1. The smallest absolute Gasteiger partial charge is 0.338 e. The molecule has 7 nitrogen and oxygen atoms in total. The fourth-order valence-electron chi connectivity index (χ4n) is 3.61. The number of methoxy groups -OCH3 is 1. The predicted octanol–water partition coefficient (Wildman–Crippen LogP) is 3.01. The molecule has 2 aromatic carbocycles. The molecule has 2 atom stereocenters. The van der Waals surface area contributed by atoms with Gasteiger partial charge in [0.2, 0.25) is 0 Å². The standard InChI is InChI=1S/C20H16F2N4O3/c1-26-19(23-9-24-26)16-17(10-3-5-11(21)6-4-10)25-14-8-12(22)7-13(20(28)29-2)15(14)18(16)27/h3-9,16-17,25H,1-2H3/t16-,17+/m0/s1. The molecule has 0 radical (unpaired) electrons. The zero-order valence-corrected chi connectivity index (χ0v) is 15.5. The quantitative estimate of drug-likeness (QED) is 0.683. The summed E-state index contributed by atoms with van der Waals surface area (Å²) in [5.41, 5.74) is 0.597. The van der Waals surface area contributed by atoms with E-state index in [4.69, 9.17) is 4.74 Å². The second-order valence-electron chi connectivity index (χ2n) is 6.62. The number of aryl methyl sites for hydroxylation is 1. The van der Waals surface area contributed by atoms with Crippen molar-refractivity contribution in [3.05, 3.63) is 76.9 Å². The molecule has 148 valence electrons. The number of halogens is 2. The summed E-state index contributed by atoms with van der Waals surface area (Å²) in [6.07, 6.45) is 1.31. The van der Waals surface area contributed by atoms with Gasteiger partial charge in [-0.05, 0) is 29.8 Å². The number of hydrogen-bond donors (Lipinski definition) is 1. The number of carbonyl (C=O) groups is 2. The highest BCUT2D eigenvalue weighted by Crippen LogP contribution is 2.43. The Morgan fingerprint density at radius 2 is 1.90 bits per heavy atom. The molecule has 3 aromatic rings. The van der Waals surface area contributed by atoms with E-state index in [0.717, 1.165) is 19.2 Å². The summed E-state index contributed by atoms with van der Waals surface area (Å²) >= 11 is 0. The van der Waals surface area contributed by atoms with Crippen LogP contribution in [-0.2, 0) is 11.8 Å². The first-order valence-electron chi connectivity index (χ1n) is 8.72. The van der Waals surface area contributed by atoms with Crippen LogP contribution in [0.15, 0.2) is 42.7 Å². The Morgan fingerprint density at radius 3 is 2.52 bits per heavy atom. The Balaban J connectivity index is 1.93. The van der Waals surface area contributed by atoms with Crippen molar-refractivity contribution in [1.29, 1.82) is 0 Å². The van der Waals surface area contributed by atoms with Crippen LogP contribution in [0.25, 0.3) is 0 Å². The lowest BCUT2D eigenvalue weighted by molar-refractivity contribution is 0.0595. The van der Waals surface area contributed by atoms with Crippen LogP contribution in [0.2, 0.25) is 0 Å². The van der Waals surface area contributed by atoms with Crippen LogP contribution in [0.3, 0.4) is 0 Å². The highest BCUT2D eigenvalue weighted by Gasteiger charge is 2.42. The first-order valence-corrected chi connectivity index (χ1v) is 8.72. The monoisotopic (exact) mass is 398 g/mol. The minimum Gasteiger partial charge on any atom is -0.465 e. The summed E-state index contributed by atoms with van der Waals surface area (Å²) in [6, 6.07) is 7.06. The number of nitrogens with one attached hydrogen (secondary N) is 1. The Hall–Kier alpha value is -3.62. The fourth-order valence-corrected chi connectivity index (χ4v) is 3.61. The Labute approximate surface area is 164 Å². The number of anilines is 1. The van der Waals surface area contributed by atoms with Crippen LogP contribution >= 0.6 is 0 Å². The lowest BCUT2D eigenvalue weighted by Gasteiger charge is -2.34. The van der Waals surface area contributed by atoms with Crippen molar-refractivity contribution in [2.24, 2.45) is 7.05 Å². The van der Waals surface area contributed by atoms with Crippen molar-refractivity contribution in [2.45, 2.75) is 12.0 Å². The van der Waals surface area contributed by atoms with Crippen molar-refractivity contribution >= 4 is 17.4 Å². The number of carbonyl (C=O) groups excluding carboxylic acids is 2. The second kappa shape index (κ2) is 7.08. The highest BCUT2D eigenvalue weighted by atomic mass is 19.1. The lowest BCUT2D eigenvalue weighted by atomic mass is 9.80. The van der Waals surface area contributed by atoms with Gasteiger partial charge in [0.15, 0.2) is 5.78 Å². The van der Waals surface area contributed by atoms with Crippen molar-refractivity contribution in [3.8, 4) is 0 Å². The summed E-state index contributed by atoms with van der Waals surface area (Å²) < 4.78 is 33.8. The molecular formula is C20H16F2N4O3. The van der Waals surface area contributed by atoms with Gasteiger partial charge in [-0.3, -0.25) is 9.48 Å². The summed E-state index contributed by atoms with van der Waals surface area (Å²) in [7, 11) is 2.79. The van der Waals surface area contributed by atoms with E-state index < -0.39 is 35.3 Å². The molecule has 0 fully saturated rings. The van der Waals surface area contributed by atoms with E-state index in [1.807, 2.05) is 0 Å². The maximum Gasteiger partial charge on any atom is 0.338 e. The Morgan fingerprint density at radius 1 is 1.17 bits per heavy atom. The van der Waals surface area contributed by atoms with Crippen LogP contribution < -0.4 is 5.32 Å². The minimum atomic E-state index is -0.880. The van der Waals surface area contributed by atoms with E-state index in [-0.39, 0.29) is 16.8 Å². The predicted molar refractivity (Wildman–Crippen MR) is 98.6 cm³/mol. The van der Waals surface area contributed by atoms with Gasteiger partial charge in [-0.2, -0.15) is 5.10 Å². The third kappa shape index (κ3) is 3.14. The van der Waals surface area contributed by atoms with Crippen molar-refractivity contribution in [1.82, 2.24) is 14.8 Å². The van der Waals surface area contributed by atoms with E-state index in [9.17, 15) is 18.4 Å². The number of hydrogen-bond acceptors (Lipinski definition) is 6. The molecule has 0 spiro atoms. The van der Waals surface area contributed by atoms with Gasteiger partial charge >= 0.3 is 5.97 Å². The lowest BCUT2D eigenvalue weighted by Crippen LogP contribution is -2.35. The summed E-state index contributed by atoms with van der Waals surface area (Å²) in [4.78, 5) is 29.9. The van der Waals surface area contributed by atoms with Gasteiger partial charge in [0, 0.05) is 12.7 Å². The molecule has 0 bridgehead atoms. The van der Waals surface area contributed by atoms with Crippen molar-refractivity contribution < 1.29 is 23.1 Å². The third-order valence-corrected chi connectivity index (χ3v) is 4.94. The SMILES string of the molecule is COC(=O)c1cc(F)cc2c1C(=O)[C@@H](c1ncnn1C)[C@@H](c1ccc(F)cc1)N2. The number of nitrogens with zero attached hydrogens (tertiary/aromatic N) is 3. The van der Waals surface area contributed by atoms with Crippen LogP contribution in [-0.4, -0.2) is 33.6 Å². The molecule has 0 unspecified atom stereocenters. The Bertz CT molecular complexity index is 1110. The van der Waals surface area contributed by atoms with E-state index >= 15 is 0 Å². The molecule has 0 amide bonds. The molecule has 0 saturated heterocycles. The van der Waals surface area contributed by atoms with Crippen LogP contribution in [0.4, 0.5) is 14.5 Å². The number of rotatable bonds is 3. The fraction of sp³-hybridized carbons (Fsp3) is 0.200. The van der Waals surface area contributed by atoms with E-state index in [1.54, 1.807) is 7.05 Å². The molecule has 0 aliphatic carbocycles. The molecule has 1 aliphatic heterocycles. The zero-order valence-electron chi connectivity index (χ0n) is 15.5. The van der Waals surface area contributed by atoms with E-state index in [1.165, 1.54) is 35.3 Å². The van der Waals surface area contributed by atoms with Gasteiger partial charge in [-0.25, -0.2) is 18.6 Å². The second-order valence-corrected chi connectivity index (χ2v) is 6.62. The number of ketones is 1. The third-order valence-electron chi connectivity index (χ3n) is 4.94. The van der Waals surface area contributed by atoms with Gasteiger partial charge in [-0.1, -0.05) is 12.1 Å². The topological polar surface area (TPSA) is 86.1 Å². The van der Waals surface area contributed by atoms with Gasteiger partial charge in [0.1, 0.15) is 29.7 Å². The summed E-state index contributed by atoms with van der Waals surface area (Å²) in [5.74, 6) is -2.92. The molecule has 1 N–H and O–H groups in total. The number of ether oxygens (including phenoxy) is 1. The minimum absolute atomic E-state index is 0.0182. The normalized spacial score (nSPS) is 18.1. The molecular weight excluding hydrogens is 382 g/mol. The molecule has 4 rings (SSSR count). The summed E-state index contributed by atoms with van der Waals surface area (Å²) in [5, 5.41) is 7.14. The summed E-state index contributed by atoms with van der Waals surface area (Å²) in [6.45, 7) is 0. The number of Topliss-reactive ketones (excluding diaryl/α,β-unsaturated/α-hetero) is 1. The van der Waals surface area contributed by atoms with Crippen molar-refractivity contribution in [3.63, 3.8) is 0 Å². The molecule has 1 aliphatic rings. The molecule has 1 aromatic heterocycles. The number of aromatic nitrogens is 3. The van der Waals surface area contributed by atoms with E-state index in [2.05, 4.69) is 15.4 Å². The van der Waals surface area contributed by atoms with E-state index in [0.29, 0.717) is 11.4 Å². The molecule has 2 heterocycles. The molecule has 0 saturated carbocycles. The largest absolute Gasteiger partial charge is 0.465 e. The first-order chi connectivity index (χ1) is 13.9. The van der Waals surface area contributed by atoms with Crippen LogP contribution in [0.1, 0.15) is 44.1 Å². The number of benzene rings is 2. The average Bonchev–Trinajstić information content (AvgIpc) is 3.12.